The second kappa shape index (κ2) is 8.11. The van der Waals surface area contributed by atoms with E-state index in [0.717, 1.165) is 49.1 Å². The zero-order chi connectivity index (χ0) is 16.8. The first kappa shape index (κ1) is 16.7. The number of carbonyl (C=O) groups is 1. The van der Waals surface area contributed by atoms with Gasteiger partial charge in [0.2, 0.25) is 0 Å². The van der Waals surface area contributed by atoms with Gasteiger partial charge in [-0.25, -0.2) is 0 Å². The van der Waals surface area contributed by atoms with Crippen molar-refractivity contribution in [2.24, 2.45) is 0 Å². The number of carbonyl (C=O) groups excluding carboxylic acids is 1. The lowest BCUT2D eigenvalue weighted by atomic mass is 10.0. The molecule has 1 aliphatic heterocycles. The van der Waals surface area contributed by atoms with E-state index in [1.54, 1.807) is 0 Å². The van der Waals surface area contributed by atoms with Crippen LogP contribution in [-0.4, -0.2) is 36.6 Å². The molecule has 126 valence electrons. The Morgan fingerprint density at radius 3 is 2.71 bits per heavy atom. The van der Waals surface area contributed by atoms with Gasteiger partial charge in [-0.3, -0.25) is 4.79 Å². The lowest BCUT2D eigenvalue weighted by molar-refractivity contribution is 0.00211. The van der Waals surface area contributed by atoms with Crippen molar-refractivity contribution in [3.8, 4) is 11.1 Å². The van der Waals surface area contributed by atoms with Gasteiger partial charge in [0.1, 0.15) is 0 Å². The first-order valence-corrected chi connectivity index (χ1v) is 8.84. The number of hydrogen-bond acceptors (Lipinski definition) is 2. The zero-order valence-corrected chi connectivity index (χ0v) is 14.3. The van der Waals surface area contributed by atoms with Crippen LogP contribution >= 0.6 is 0 Å². The largest absolute Gasteiger partial charge is 0.376 e. The molecular weight excluding hydrogens is 298 g/mol. The Hall–Kier alpha value is -2.13. The topological polar surface area (TPSA) is 29.5 Å². The van der Waals surface area contributed by atoms with Crippen molar-refractivity contribution in [2.75, 3.05) is 19.7 Å². The Morgan fingerprint density at radius 2 is 1.92 bits per heavy atom. The predicted molar refractivity (Wildman–Crippen MR) is 97.0 cm³/mol. The van der Waals surface area contributed by atoms with Crippen LogP contribution in [0.25, 0.3) is 11.1 Å². The number of likely N-dealkylation sites (tertiary alicyclic amines) is 1. The van der Waals surface area contributed by atoms with Gasteiger partial charge in [-0.05, 0) is 42.5 Å². The second-order valence-corrected chi connectivity index (χ2v) is 6.33. The molecule has 1 amide bonds. The van der Waals surface area contributed by atoms with Crippen LogP contribution in [0.3, 0.4) is 0 Å². The molecule has 0 radical (unpaired) electrons. The molecule has 0 aliphatic carbocycles. The third-order valence-electron chi connectivity index (χ3n) is 4.44. The fourth-order valence-electron chi connectivity index (χ4n) is 3.19. The summed E-state index contributed by atoms with van der Waals surface area (Å²) < 4.78 is 5.85. The SMILES string of the molecule is CCCOC1CCCN(C(=O)c2cccc(-c3ccccc3)c2)C1. The molecule has 24 heavy (non-hydrogen) atoms. The van der Waals surface area contributed by atoms with Gasteiger partial charge in [-0.2, -0.15) is 0 Å². The molecule has 3 nitrogen and oxygen atoms in total. The molecule has 0 aromatic heterocycles. The summed E-state index contributed by atoms with van der Waals surface area (Å²) in [6, 6.07) is 18.1. The maximum Gasteiger partial charge on any atom is 0.253 e. The summed E-state index contributed by atoms with van der Waals surface area (Å²) in [6.45, 7) is 4.41. The minimum absolute atomic E-state index is 0.109. The summed E-state index contributed by atoms with van der Waals surface area (Å²) >= 11 is 0. The number of amides is 1. The average molecular weight is 323 g/mol. The van der Waals surface area contributed by atoms with Crippen molar-refractivity contribution < 1.29 is 9.53 Å². The third kappa shape index (κ3) is 4.04. The van der Waals surface area contributed by atoms with Crippen molar-refractivity contribution in [3.63, 3.8) is 0 Å². The summed E-state index contributed by atoms with van der Waals surface area (Å²) in [5.41, 5.74) is 2.97. The van der Waals surface area contributed by atoms with E-state index >= 15 is 0 Å². The summed E-state index contributed by atoms with van der Waals surface area (Å²) in [7, 11) is 0. The van der Waals surface area contributed by atoms with Crippen LogP contribution in [0.1, 0.15) is 36.5 Å². The molecule has 1 saturated heterocycles. The van der Waals surface area contributed by atoms with Crippen LogP contribution in [0.2, 0.25) is 0 Å². The van der Waals surface area contributed by atoms with Gasteiger partial charge in [0.05, 0.1) is 6.10 Å². The summed E-state index contributed by atoms with van der Waals surface area (Å²) in [5.74, 6) is 0.109. The average Bonchev–Trinajstić information content (AvgIpc) is 2.67. The van der Waals surface area contributed by atoms with E-state index in [-0.39, 0.29) is 12.0 Å². The van der Waals surface area contributed by atoms with Gasteiger partial charge in [0, 0.05) is 25.3 Å². The van der Waals surface area contributed by atoms with Crippen LogP contribution in [0, 0.1) is 0 Å². The van der Waals surface area contributed by atoms with Crippen molar-refractivity contribution in [1.82, 2.24) is 4.90 Å². The molecule has 0 saturated carbocycles. The van der Waals surface area contributed by atoms with E-state index in [4.69, 9.17) is 4.74 Å². The molecule has 0 N–H and O–H groups in total. The van der Waals surface area contributed by atoms with Gasteiger partial charge in [0.25, 0.3) is 5.91 Å². The van der Waals surface area contributed by atoms with Crippen LogP contribution in [0.15, 0.2) is 54.6 Å². The van der Waals surface area contributed by atoms with Crippen LogP contribution in [0.4, 0.5) is 0 Å². The van der Waals surface area contributed by atoms with Crippen molar-refractivity contribution in [1.29, 1.82) is 0 Å². The predicted octanol–water partition coefficient (Wildman–Crippen LogP) is 4.38. The number of ether oxygens (including phenoxy) is 1. The Balaban J connectivity index is 1.73. The van der Waals surface area contributed by atoms with E-state index in [2.05, 4.69) is 25.1 Å². The normalized spacial score (nSPS) is 17.7. The fourth-order valence-corrected chi connectivity index (χ4v) is 3.19. The van der Waals surface area contributed by atoms with Crippen LogP contribution in [-0.2, 0) is 4.74 Å². The highest BCUT2D eigenvalue weighted by molar-refractivity contribution is 5.95. The van der Waals surface area contributed by atoms with Crippen molar-refractivity contribution in [2.45, 2.75) is 32.3 Å². The third-order valence-corrected chi connectivity index (χ3v) is 4.44. The Bertz CT molecular complexity index is 669. The Kier molecular flexibility index (Phi) is 5.65. The molecule has 3 rings (SSSR count). The van der Waals surface area contributed by atoms with Crippen molar-refractivity contribution >= 4 is 5.91 Å². The smallest absolute Gasteiger partial charge is 0.253 e. The molecule has 1 heterocycles. The fraction of sp³-hybridized carbons (Fsp3) is 0.381. The molecule has 1 fully saturated rings. The van der Waals surface area contributed by atoms with Crippen molar-refractivity contribution in [3.05, 3.63) is 60.2 Å². The molecule has 1 atom stereocenters. The van der Waals surface area contributed by atoms with Gasteiger partial charge < -0.3 is 9.64 Å². The number of benzene rings is 2. The Morgan fingerprint density at radius 1 is 1.12 bits per heavy atom. The minimum atomic E-state index is 0.109. The first-order chi connectivity index (χ1) is 11.8. The highest BCUT2D eigenvalue weighted by atomic mass is 16.5. The molecule has 1 aliphatic rings. The lowest BCUT2D eigenvalue weighted by Crippen LogP contribution is -2.43. The maximum absolute atomic E-state index is 12.9. The van der Waals surface area contributed by atoms with Crippen LogP contribution < -0.4 is 0 Å². The second-order valence-electron chi connectivity index (χ2n) is 6.33. The number of hydrogen-bond donors (Lipinski definition) is 0. The maximum atomic E-state index is 12.9. The molecule has 1 unspecified atom stereocenters. The number of rotatable bonds is 5. The summed E-state index contributed by atoms with van der Waals surface area (Å²) in [4.78, 5) is 14.8. The summed E-state index contributed by atoms with van der Waals surface area (Å²) in [6.07, 6.45) is 3.26. The molecule has 3 heteroatoms. The first-order valence-electron chi connectivity index (χ1n) is 8.84. The van der Waals surface area contributed by atoms with Gasteiger partial charge in [-0.1, -0.05) is 49.4 Å². The summed E-state index contributed by atoms with van der Waals surface area (Å²) in [5, 5.41) is 0. The van der Waals surface area contributed by atoms with Gasteiger partial charge in [0.15, 0.2) is 0 Å². The Labute approximate surface area is 144 Å². The van der Waals surface area contributed by atoms with E-state index in [9.17, 15) is 4.79 Å². The number of piperidine rings is 1. The van der Waals surface area contributed by atoms with E-state index in [1.165, 1.54) is 0 Å². The highest BCUT2D eigenvalue weighted by Crippen LogP contribution is 2.22. The quantitative estimate of drug-likeness (QED) is 0.817. The van der Waals surface area contributed by atoms with E-state index in [0.29, 0.717) is 6.54 Å². The van der Waals surface area contributed by atoms with Gasteiger partial charge in [-0.15, -0.1) is 0 Å². The highest BCUT2D eigenvalue weighted by Gasteiger charge is 2.24. The minimum Gasteiger partial charge on any atom is -0.376 e. The standard InChI is InChI=1S/C21H25NO2/c1-2-14-24-20-12-7-13-22(16-20)21(23)19-11-6-10-18(15-19)17-8-4-3-5-9-17/h3-6,8-11,15,20H,2,7,12-14,16H2,1H3. The lowest BCUT2D eigenvalue weighted by Gasteiger charge is -2.32. The molecule has 2 aromatic rings. The molecule has 0 spiro atoms. The zero-order valence-electron chi connectivity index (χ0n) is 14.3. The number of nitrogens with zero attached hydrogens (tertiary/aromatic N) is 1. The molecule has 0 bridgehead atoms. The van der Waals surface area contributed by atoms with Crippen LogP contribution in [0.5, 0.6) is 0 Å². The van der Waals surface area contributed by atoms with Gasteiger partial charge >= 0.3 is 0 Å². The van der Waals surface area contributed by atoms with E-state index < -0.39 is 0 Å². The molecular formula is C21H25NO2. The molecule has 2 aromatic carbocycles. The monoisotopic (exact) mass is 323 g/mol. The van der Waals surface area contributed by atoms with E-state index in [1.807, 2.05) is 41.3 Å².